The van der Waals surface area contributed by atoms with Crippen molar-refractivity contribution in [2.45, 2.75) is 36.9 Å². The van der Waals surface area contributed by atoms with Crippen LogP contribution in [-0.4, -0.2) is 8.42 Å². The molecule has 0 unspecified atom stereocenters. The van der Waals surface area contributed by atoms with E-state index in [1.807, 2.05) is 18.2 Å². The Morgan fingerprint density at radius 2 is 1.76 bits per heavy atom. The molecule has 3 rings (SSSR count). The van der Waals surface area contributed by atoms with Gasteiger partial charge in [0.05, 0.1) is 10.5 Å². The van der Waals surface area contributed by atoms with E-state index < -0.39 is 26.7 Å². The Labute approximate surface area is 143 Å². The van der Waals surface area contributed by atoms with Crippen molar-refractivity contribution < 1.29 is 21.6 Å². The normalized spacial score (nSPS) is 14.4. The van der Waals surface area contributed by atoms with Crippen LogP contribution in [0.3, 0.4) is 0 Å². The Bertz CT molecular complexity index is 909. The standard InChI is InChI=1S/C17H17F3N2O2S/c18-17(19,20)15-9-14(25(21,23)24)6-7-16(15)22-10-11-4-5-12-2-1-3-13(12)8-11/h4-9,22H,1-3,10H2,(H2,21,23,24). The molecule has 0 aliphatic heterocycles. The molecule has 8 heteroatoms. The molecule has 0 saturated carbocycles. The molecule has 0 amide bonds. The molecule has 0 atom stereocenters. The van der Waals surface area contributed by atoms with Gasteiger partial charge in [-0.15, -0.1) is 0 Å². The van der Waals surface area contributed by atoms with Gasteiger partial charge in [-0.2, -0.15) is 13.2 Å². The highest BCUT2D eigenvalue weighted by Crippen LogP contribution is 2.36. The maximum absolute atomic E-state index is 13.2. The van der Waals surface area contributed by atoms with Crippen molar-refractivity contribution in [2.75, 3.05) is 5.32 Å². The summed E-state index contributed by atoms with van der Waals surface area (Å²) in [5.74, 6) is 0. The Kier molecular flexibility index (Phi) is 4.51. The largest absolute Gasteiger partial charge is 0.418 e. The fourth-order valence-electron chi connectivity index (χ4n) is 3.02. The van der Waals surface area contributed by atoms with Gasteiger partial charge < -0.3 is 5.32 Å². The number of alkyl halides is 3. The first kappa shape index (κ1) is 17.8. The molecule has 1 aliphatic rings. The van der Waals surface area contributed by atoms with Crippen molar-refractivity contribution in [3.8, 4) is 0 Å². The van der Waals surface area contributed by atoms with Crippen molar-refractivity contribution in [3.05, 3.63) is 58.7 Å². The molecular weight excluding hydrogens is 353 g/mol. The first-order chi connectivity index (χ1) is 11.6. The van der Waals surface area contributed by atoms with Crippen LogP contribution in [0.5, 0.6) is 0 Å². The quantitative estimate of drug-likeness (QED) is 0.866. The zero-order chi connectivity index (χ0) is 18.2. The van der Waals surface area contributed by atoms with E-state index in [1.165, 1.54) is 11.1 Å². The van der Waals surface area contributed by atoms with E-state index in [1.54, 1.807) is 0 Å². The van der Waals surface area contributed by atoms with Crippen LogP contribution in [0.15, 0.2) is 41.3 Å². The lowest BCUT2D eigenvalue weighted by molar-refractivity contribution is -0.137. The van der Waals surface area contributed by atoms with Gasteiger partial charge in [0.25, 0.3) is 0 Å². The molecule has 2 aromatic rings. The van der Waals surface area contributed by atoms with E-state index in [4.69, 9.17) is 5.14 Å². The molecule has 0 bridgehead atoms. The Morgan fingerprint density at radius 1 is 1.04 bits per heavy atom. The number of primary sulfonamides is 1. The first-order valence-electron chi connectivity index (χ1n) is 7.73. The number of halogens is 3. The second kappa shape index (κ2) is 6.34. The number of nitrogens with two attached hydrogens (primary N) is 1. The number of anilines is 1. The van der Waals surface area contributed by atoms with Crippen LogP contribution in [0, 0.1) is 0 Å². The smallest absolute Gasteiger partial charge is 0.380 e. The van der Waals surface area contributed by atoms with Crippen molar-refractivity contribution in [2.24, 2.45) is 5.14 Å². The highest BCUT2D eigenvalue weighted by molar-refractivity contribution is 7.89. The van der Waals surface area contributed by atoms with Crippen LogP contribution in [0.2, 0.25) is 0 Å². The van der Waals surface area contributed by atoms with E-state index in [0.29, 0.717) is 6.07 Å². The minimum Gasteiger partial charge on any atom is -0.380 e. The molecule has 2 aromatic carbocycles. The van der Waals surface area contributed by atoms with E-state index in [0.717, 1.165) is 37.0 Å². The molecule has 0 heterocycles. The third kappa shape index (κ3) is 3.96. The summed E-state index contributed by atoms with van der Waals surface area (Å²) in [6, 6.07) is 8.62. The summed E-state index contributed by atoms with van der Waals surface area (Å²) in [4.78, 5) is -0.567. The van der Waals surface area contributed by atoms with E-state index >= 15 is 0 Å². The number of sulfonamides is 1. The Morgan fingerprint density at radius 3 is 2.44 bits per heavy atom. The van der Waals surface area contributed by atoms with Crippen molar-refractivity contribution in [1.29, 1.82) is 0 Å². The summed E-state index contributed by atoms with van der Waals surface area (Å²) in [5, 5.41) is 7.67. The van der Waals surface area contributed by atoms with Crippen LogP contribution in [0.4, 0.5) is 18.9 Å². The van der Waals surface area contributed by atoms with Crippen LogP contribution in [-0.2, 0) is 35.6 Å². The van der Waals surface area contributed by atoms with Gasteiger partial charge in [0.15, 0.2) is 0 Å². The predicted octanol–water partition coefficient (Wildman–Crippen LogP) is 3.45. The van der Waals surface area contributed by atoms with Crippen LogP contribution in [0.1, 0.15) is 28.7 Å². The third-order valence-corrected chi connectivity index (χ3v) is 5.18. The number of fused-ring (bicyclic) bond motifs is 1. The minimum atomic E-state index is -4.69. The SMILES string of the molecule is NS(=O)(=O)c1ccc(NCc2ccc3c(c2)CCC3)c(C(F)(F)F)c1. The van der Waals surface area contributed by atoms with Crippen molar-refractivity contribution >= 4 is 15.7 Å². The monoisotopic (exact) mass is 370 g/mol. The summed E-state index contributed by atoms with van der Waals surface area (Å²) < 4.78 is 62.3. The minimum absolute atomic E-state index is 0.180. The maximum atomic E-state index is 13.2. The molecule has 0 saturated heterocycles. The van der Waals surface area contributed by atoms with Crippen molar-refractivity contribution in [1.82, 2.24) is 0 Å². The van der Waals surface area contributed by atoms with E-state index in [-0.39, 0.29) is 12.2 Å². The van der Waals surface area contributed by atoms with Crippen LogP contribution in [0.25, 0.3) is 0 Å². The third-order valence-electron chi connectivity index (χ3n) is 4.27. The second-order valence-corrected chi connectivity index (χ2v) is 7.62. The van der Waals surface area contributed by atoms with Gasteiger partial charge in [0.1, 0.15) is 0 Å². The van der Waals surface area contributed by atoms with Gasteiger partial charge in [-0.05, 0) is 54.2 Å². The van der Waals surface area contributed by atoms with Gasteiger partial charge in [0.2, 0.25) is 10.0 Å². The number of aryl methyl sites for hydroxylation is 2. The Hall–Kier alpha value is -2.06. The summed E-state index contributed by atoms with van der Waals surface area (Å²) in [7, 11) is -4.20. The molecular formula is C17H17F3N2O2S. The van der Waals surface area contributed by atoms with Gasteiger partial charge >= 0.3 is 6.18 Å². The molecule has 25 heavy (non-hydrogen) atoms. The molecule has 3 N–H and O–H groups in total. The molecule has 1 aliphatic carbocycles. The summed E-state index contributed by atoms with van der Waals surface area (Å²) >= 11 is 0. The molecule has 0 spiro atoms. The van der Waals surface area contributed by atoms with Gasteiger partial charge in [-0.25, -0.2) is 13.6 Å². The molecule has 134 valence electrons. The fourth-order valence-corrected chi connectivity index (χ4v) is 3.56. The fraction of sp³-hybridized carbons (Fsp3) is 0.294. The highest BCUT2D eigenvalue weighted by Gasteiger charge is 2.34. The first-order valence-corrected chi connectivity index (χ1v) is 9.28. The Balaban J connectivity index is 1.87. The van der Waals surface area contributed by atoms with E-state index in [2.05, 4.69) is 5.32 Å². The van der Waals surface area contributed by atoms with Gasteiger partial charge in [0, 0.05) is 12.2 Å². The molecule has 4 nitrogen and oxygen atoms in total. The molecule has 0 fully saturated rings. The summed E-state index contributed by atoms with van der Waals surface area (Å²) in [6.07, 6.45) is -1.57. The van der Waals surface area contributed by atoms with Crippen LogP contribution >= 0.6 is 0 Å². The predicted molar refractivity (Wildman–Crippen MR) is 88.6 cm³/mol. The summed E-state index contributed by atoms with van der Waals surface area (Å²) in [6.45, 7) is 0.213. The van der Waals surface area contributed by atoms with E-state index in [9.17, 15) is 21.6 Å². The lowest BCUT2D eigenvalue weighted by Gasteiger charge is -2.16. The topological polar surface area (TPSA) is 72.2 Å². The zero-order valence-electron chi connectivity index (χ0n) is 13.2. The molecule has 0 radical (unpaired) electrons. The number of hydrogen-bond donors (Lipinski definition) is 2. The average molecular weight is 370 g/mol. The number of rotatable bonds is 4. The van der Waals surface area contributed by atoms with Gasteiger partial charge in [-0.3, -0.25) is 0 Å². The average Bonchev–Trinajstić information content (AvgIpc) is 2.98. The zero-order valence-corrected chi connectivity index (χ0v) is 14.0. The summed E-state index contributed by atoms with van der Waals surface area (Å²) in [5.41, 5.74) is 2.17. The lowest BCUT2D eigenvalue weighted by atomic mass is 10.1. The number of nitrogens with one attached hydrogen (secondary N) is 1. The van der Waals surface area contributed by atoms with Crippen molar-refractivity contribution in [3.63, 3.8) is 0 Å². The second-order valence-electron chi connectivity index (χ2n) is 6.06. The van der Waals surface area contributed by atoms with Gasteiger partial charge in [-0.1, -0.05) is 18.2 Å². The highest BCUT2D eigenvalue weighted by atomic mass is 32.2. The van der Waals surface area contributed by atoms with Crippen LogP contribution < -0.4 is 10.5 Å². The number of benzene rings is 2. The maximum Gasteiger partial charge on any atom is 0.418 e. The lowest BCUT2D eigenvalue weighted by Crippen LogP contribution is -2.16. The molecule has 0 aromatic heterocycles. The number of hydrogen-bond acceptors (Lipinski definition) is 3.